The molecule has 6 nitrogen and oxygen atoms in total. The number of carbonyl (C=O) groups is 1. The zero-order valence-corrected chi connectivity index (χ0v) is 19.1. The van der Waals surface area contributed by atoms with Crippen molar-refractivity contribution in [3.05, 3.63) is 40.2 Å². The second-order valence-electron chi connectivity index (χ2n) is 8.37. The van der Waals surface area contributed by atoms with E-state index in [4.69, 9.17) is 0 Å². The van der Waals surface area contributed by atoms with E-state index in [1.807, 2.05) is 32.1 Å². The summed E-state index contributed by atoms with van der Waals surface area (Å²) in [6.07, 6.45) is 3.84. The fraction of sp³-hybridized carbons (Fsp3) is 0.478. The molecule has 1 saturated heterocycles. The molecule has 1 amide bonds. The minimum Gasteiger partial charge on any atom is -0.310 e. The van der Waals surface area contributed by atoms with Gasteiger partial charge in [-0.05, 0) is 69.1 Å². The first-order valence-electron chi connectivity index (χ1n) is 10.5. The summed E-state index contributed by atoms with van der Waals surface area (Å²) in [5, 5.41) is 13.1. The Balaban J connectivity index is 1.74. The lowest BCUT2D eigenvalue weighted by atomic mass is 9.96. The zero-order valence-electron chi connectivity index (χ0n) is 18.3. The fourth-order valence-corrected chi connectivity index (χ4v) is 4.48. The van der Waals surface area contributed by atoms with Crippen LogP contribution in [-0.4, -0.2) is 47.4 Å². The van der Waals surface area contributed by atoms with Gasteiger partial charge < -0.3 is 10.2 Å². The van der Waals surface area contributed by atoms with Gasteiger partial charge in [0.05, 0.1) is 5.92 Å². The Morgan fingerprint density at radius 1 is 1.40 bits per heavy atom. The molecule has 1 unspecified atom stereocenters. The molecule has 0 saturated carbocycles. The first-order valence-corrected chi connectivity index (χ1v) is 11.3. The van der Waals surface area contributed by atoms with Gasteiger partial charge in [-0.15, -0.1) is 10.2 Å². The lowest BCUT2D eigenvalue weighted by Gasteiger charge is -2.33. The molecule has 2 heterocycles. The summed E-state index contributed by atoms with van der Waals surface area (Å²) in [7, 11) is 0. The lowest BCUT2D eigenvalue weighted by molar-refractivity contribution is -0.126. The molecular weight excluding hydrogens is 394 g/mol. The van der Waals surface area contributed by atoms with Crippen molar-refractivity contribution in [1.29, 1.82) is 0 Å². The number of carbonyl (C=O) groups excluding carboxylic acids is 1. The maximum Gasteiger partial charge on any atom is 0.229 e. The summed E-state index contributed by atoms with van der Waals surface area (Å²) >= 11 is 1.56. The molecule has 2 aromatic rings. The SMILES string of the molecule is C=N/C(=C\c1cc(-c2nnc(C)s2)ccc1C)NC(=O)C1CCCN(CC(C)C)C1. The van der Waals surface area contributed by atoms with Gasteiger partial charge in [-0.2, -0.15) is 0 Å². The Bertz CT molecular complexity index is 933. The van der Waals surface area contributed by atoms with E-state index in [0.717, 1.165) is 59.2 Å². The number of piperidine rings is 1. The molecule has 30 heavy (non-hydrogen) atoms. The van der Waals surface area contributed by atoms with Gasteiger partial charge in [0, 0.05) is 18.7 Å². The number of hydrogen-bond acceptors (Lipinski definition) is 6. The molecule has 1 aromatic heterocycles. The number of aromatic nitrogens is 2. The third kappa shape index (κ3) is 5.83. The average Bonchev–Trinajstić information content (AvgIpc) is 3.15. The van der Waals surface area contributed by atoms with Crippen molar-refractivity contribution in [3.63, 3.8) is 0 Å². The molecule has 0 spiro atoms. The van der Waals surface area contributed by atoms with E-state index in [2.05, 4.69) is 52.0 Å². The first kappa shape index (κ1) is 22.3. The molecule has 1 aromatic carbocycles. The monoisotopic (exact) mass is 425 g/mol. The molecule has 1 aliphatic rings. The predicted octanol–water partition coefficient (Wildman–Crippen LogP) is 4.31. The minimum absolute atomic E-state index is 0.0144. The zero-order chi connectivity index (χ0) is 21.7. The van der Waals surface area contributed by atoms with Crippen molar-refractivity contribution in [2.45, 2.75) is 40.5 Å². The molecule has 1 atom stereocenters. The number of rotatable bonds is 7. The van der Waals surface area contributed by atoms with E-state index < -0.39 is 0 Å². The summed E-state index contributed by atoms with van der Waals surface area (Å²) in [6.45, 7) is 15.0. The van der Waals surface area contributed by atoms with Crippen LogP contribution in [0.2, 0.25) is 0 Å². The lowest BCUT2D eigenvalue weighted by Crippen LogP contribution is -2.43. The Hall–Kier alpha value is -2.38. The van der Waals surface area contributed by atoms with Gasteiger partial charge in [0.15, 0.2) is 0 Å². The molecule has 0 radical (unpaired) electrons. The number of hydrogen-bond donors (Lipinski definition) is 1. The van der Waals surface area contributed by atoms with E-state index in [9.17, 15) is 4.79 Å². The quantitative estimate of drug-likeness (QED) is 0.671. The highest BCUT2D eigenvalue weighted by Gasteiger charge is 2.26. The molecule has 0 aliphatic carbocycles. The molecule has 3 rings (SSSR count). The van der Waals surface area contributed by atoms with Gasteiger partial charge in [0.25, 0.3) is 0 Å². The normalized spacial score (nSPS) is 17.9. The fourth-order valence-electron chi connectivity index (χ4n) is 3.79. The Morgan fingerprint density at radius 2 is 2.20 bits per heavy atom. The van der Waals surface area contributed by atoms with E-state index in [-0.39, 0.29) is 11.8 Å². The highest BCUT2D eigenvalue weighted by Crippen LogP contribution is 2.26. The van der Waals surface area contributed by atoms with Crippen molar-refractivity contribution in [2.24, 2.45) is 16.8 Å². The average molecular weight is 426 g/mol. The number of nitrogens with one attached hydrogen (secondary N) is 1. The Labute approximate surface area is 183 Å². The number of aryl methyl sites for hydroxylation is 2. The van der Waals surface area contributed by atoms with Gasteiger partial charge >= 0.3 is 0 Å². The van der Waals surface area contributed by atoms with Crippen LogP contribution in [0.25, 0.3) is 16.6 Å². The summed E-state index contributed by atoms with van der Waals surface area (Å²) in [5.74, 6) is 1.09. The molecular formula is C23H31N5OS. The van der Waals surface area contributed by atoms with Gasteiger partial charge in [0.1, 0.15) is 15.8 Å². The number of aliphatic imine (C=N–C) groups is 1. The van der Waals surface area contributed by atoms with Crippen LogP contribution >= 0.6 is 11.3 Å². The van der Waals surface area contributed by atoms with Gasteiger partial charge in [-0.25, -0.2) is 4.99 Å². The molecule has 160 valence electrons. The third-order valence-corrected chi connectivity index (χ3v) is 6.15. The van der Waals surface area contributed by atoms with E-state index in [0.29, 0.717) is 11.7 Å². The second kappa shape index (κ2) is 10.1. The summed E-state index contributed by atoms with van der Waals surface area (Å²) in [5.41, 5.74) is 3.08. The molecule has 0 bridgehead atoms. The van der Waals surface area contributed by atoms with Crippen molar-refractivity contribution in [1.82, 2.24) is 20.4 Å². The topological polar surface area (TPSA) is 70.5 Å². The van der Waals surface area contributed by atoms with Gasteiger partial charge in [0.2, 0.25) is 5.91 Å². The Morgan fingerprint density at radius 3 is 2.87 bits per heavy atom. The summed E-state index contributed by atoms with van der Waals surface area (Å²) < 4.78 is 0. The first-order chi connectivity index (χ1) is 14.4. The largest absolute Gasteiger partial charge is 0.310 e. The second-order valence-corrected chi connectivity index (χ2v) is 9.55. The maximum atomic E-state index is 12.9. The smallest absolute Gasteiger partial charge is 0.229 e. The van der Waals surface area contributed by atoms with Gasteiger partial charge in [-0.3, -0.25) is 4.79 Å². The number of benzene rings is 1. The standard InChI is InChI=1S/C23H31N5OS/c1-15(2)13-28-10-6-7-19(14-28)22(29)25-21(24-5)12-20-11-18(9-8-16(20)3)23-27-26-17(4)30-23/h8-9,11-12,15,19H,5-7,10,13-14H2,1-4H3,(H,25,29)/b21-12+. The highest BCUT2D eigenvalue weighted by molar-refractivity contribution is 7.14. The van der Waals surface area contributed by atoms with E-state index >= 15 is 0 Å². The van der Waals surface area contributed by atoms with Crippen LogP contribution in [0.5, 0.6) is 0 Å². The van der Waals surface area contributed by atoms with Crippen LogP contribution in [0, 0.1) is 25.7 Å². The van der Waals surface area contributed by atoms with Crippen LogP contribution in [0.3, 0.4) is 0 Å². The van der Waals surface area contributed by atoms with Crippen molar-refractivity contribution >= 4 is 30.0 Å². The van der Waals surface area contributed by atoms with Crippen LogP contribution in [0.1, 0.15) is 42.8 Å². The van der Waals surface area contributed by atoms with Crippen molar-refractivity contribution in [3.8, 4) is 10.6 Å². The van der Waals surface area contributed by atoms with Crippen molar-refractivity contribution < 1.29 is 4.79 Å². The van der Waals surface area contributed by atoms with E-state index in [1.54, 1.807) is 11.3 Å². The number of likely N-dealkylation sites (tertiary alicyclic amines) is 1. The van der Waals surface area contributed by atoms with Crippen LogP contribution in [0.4, 0.5) is 0 Å². The molecule has 1 aliphatic heterocycles. The predicted molar refractivity (Wildman–Crippen MR) is 124 cm³/mol. The summed E-state index contributed by atoms with van der Waals surface area (Å²) in [6, 6.07) is 6.14. The summed E-state index contributed by atoms with van der Waals surface area (Å²) in [4.78, 5) is 19.3. The van der Waals surface area contributed by atoms with Crippen LogP contribution in [-0.2, 0) is 4.79 Å². The van der Waals surface area contributed by atoms with E-state index in [1.165, 1.54) is 0 Å². The highest BCUT2D eigenvalue weighted by atomic mass is 32.1. The van der Waals surface area contributed by atoms with Crippen molar-refractivity contribution in [2.75, 3.05) is 19.6 Å². The third-order valence-electron chi connectivity index (χ3n) is 5.27. The molecule has 1 fully saturated rings. The van der Waals surface area contributed by atoms with Gasteiger partial charge in [-0.1, -0.05) is 37.3 Å². The van der Waals surface area contributed by atoms with Crippen LogP contribution in [0.15, 0.2) is 29.0 Å². The minimum atomic E-state index is -0.0144. The molecule has 1 N–H and O–H groups in total. The maximum absolute atomic E-state index is 12.9. The molecule has 7 heteroatoms. The Kier molecular flexibility index (Phi) is 7.50. The number of nitrogens with zero attached hydrogens (tertiary/aromatic N) is 4. The number of amides is 1. The van der Waals surface area contributed by atoms with Crippen LogP contribution < -0.4 is 5.32 Å².